The molecular formula is C15H14NO4-. The van der Waals surface area contributed by atoms with Gasteiger partial charge in [0.05, 0.1) is 25.2 Å². The van der Waals surface area contributed by atoms with E-state index in [1.807, 2.05) is 30.3 Å². The van der Waals surface area contributed by atoms with E-state index < -0.39 is 11.9 Å². The molecule has 0 radical (unpaired) electrons. The Morgan fingerprint density at radius 2 is 1.90 bits per heavy atom. The SMILES string of the molecule is COC(=O)c1cc(-c2ccccc2)n(CC(=O)[O-])c1C. The highest BCUT2D eigenvalue weighted by molar-refractivity contribution is 5.93. The highest BCUT2D eigenvalue weighted by Crippen LogP contribution is 2.26. The van der Waals surface area contributed by atoms with Crippen LogP contribution in [0.2, 0.25) is 0 Å². The van der Waals surface area contributed by atoms with Crippen molar-refractivity contribution in [3.8, 4) is 11.3 Å². The second kappa shape index (κ2) is 5.61. The third-order valence-electron chi connectivity index (χ3n) is 3.13. The molecule has 0 atom stereocenters. The first-order valence-electron chi connectivity index (χ1n) is 6.08. The Kier molecular flexibility index (Phi) is 3.89. The third-order valence-corrected chi connectivity index (χ3v) is 3.13. The Labute approximate surface area is 116 Å². The number of hydrogen-bond acceptors (Lipinski definition) is 4. The fraction of sp³-hybridized carbons (Fsp3) is 0.200. The normalized spacial score (nSPS) is 10.3. The number of carboxylic acid groups (broad SMARTS) is 1. The number of esters is 1. The first-order chi connectivity index (χ1) is 9.54. The van der Waals surface area contributed by atoms with Crippen molar-refractivity contribution in [2.24, 2.45) is 0 Å². The Morgan fingerprint density at radius 1 is 1.25 bits per heavy atom. The zero-order chi connectivity index (χ0) is 14.7. The van der Waals surface area contributed by atoms with Crippen molar-refractivity contribution in [1.82, 2.24) is 4.57 Å². The van der Waals surface area contributed by atoms with Crippen LogP contribution in [-0.4, -0.2) is 23.6 Å². The summed E-state index contributed by atoms with van der Waals surface area (Å²) in [5.41, 5.74) is 2.37. The first-order valence-corrected chi connectivity index (χ1v) is 6.08. The molecule has 1 aromatic carbocycles. The lowest BCUT2D eigenvalue weighted by atomic mass is 10.1. The average molecular weight is 272 g/mol. The third kappa shape index (κ3) is 2.56. The Balaban J connectivity index is 2.60. The number of carboxylic acids is 1. The van der Waals surface area contributed by atoms with Gasteiger partial charge in [-0.25, -0.2) is 4.79 Å². The lowest BCUT2D eigenvalue weighted by Gasteiger charge is -2.12. The molecule has 0 spiro atoms. The number of carbonyl (C=O) groups is 2. The lowest BCUT2D eigenvalue weighted by molar-refractivity contribution is -0.306. The minimum Gasteiger partial charge on any atom is -0.548 e. The second-order valence-corrected chi connectivity index (χ2v) is 4.34. The van der Waals surface area contributed by atoms with Gasteiger partial charge in [-0.05, 0) is 18.6 Å². The maximum absolute atomic E-state index is 11.7. The van der Waals surface area contributed by atoms with Gasteiger partial charge < -0.3 is 19.2 Å². The van der Waals surface area contributed by atoms with E-state index in [0.717, 1.165) is 5.56 Å². The standard InChI is InChI=1S/C15H15NO4/c1-10-12(15(19)20-2)8-13(16(10)9-14(17)18)11-6-4-3-5-7-11/h3-8H,9H2,1-2H3,(H,17,18)/p-1. The van der Waals surface area contributed by atoms with Crippen LogP contribution >= 0.6 is 0 Å². The second-order valence-electron chi connectivity index (χ2n) is 4.34. The van der Waals surface area contributed by atoms with Crippen LogP contribution in [0.25, 0.3) is 11.3 Å². The summed E-state index contributed by atoms with van der Waals surface area (Å²) in [6.45, 7) is 1.37. The lowest BCUT2D eigenvalue weighted by Crippen LogP contribution is -2.28. The molecule has 0 N–H and O–H groups in total. The van der Waals surface area contributed by atoms with Crippen LogP contribution in [-0.2, 0) is 16.1 Å². The van der Waals surface area contributed by atoms with Gasteiger partial charge in [0.1, 0.15) is 0 Å². The Morgan fingerprint density at radius 3 is 2.45 bits per heavy atom. The van der Waals surface area contributed by atoms with Crippen molar-refractivity contribution in [3.05, 3.63) is 47.7 Å². The summed E-state index contributed by atoms with van der Waals surface area (Å²) in [5.74, 6) is -1.70. The van der Waals surface area contributed by atoms with Crippen molar-refractivity contribution >= 4 is 11.9 Å². The number of benzene rings is 1. The molecule has 0 saturated heterocycles. The molecule has 5 nitrogen and oxygen atoms in total. The molecule has 1 heterocycles. The van der Waals surface area contributed by atoms with Crippen molar-refractivity contribution in [2.45, 2.75) is 13.5 Å². The van der Waals surface area contributed by atoms with Gasteiger partial charge in [0.2, 0.25) is 0 Å². The van der Waals surface area contributed by atoms with E-state index in [4.69, 9.17) is 4.74 Å². The van der Waals surface area contributed by atoms with Gasteiger partial charge >= 0.3 is 5.97 Å². The van der Waals surface area contributed by atoms with Crippen LogP contribution in [0.1, 0.15) is 16.1 Å². The number of carbonyl (C=O) groups excluding carboxylic acids is 2. The average Bonchev–Trinajstić information content (AvgIpc) is 2.76. The number of rotatable bonds is 4. The smallest absolute Gasteiger partial charge is 0.339 e. The quantitative estimate of drug-likeness (QED) is 0.778. The summed E-state index contributed by atoms with van der Waals surface area (Å²) in [6, 6.07) is 10.9. The highest BCUT2D eigenvalue weighted by atomic mass is 16.5. The van der Waals surface area contributed by atoms with E-state index in [9.17, 15) is 14.7 Å². The number of aliphatic carboxylic acids is 1. The number of hydrogen-bond donors (Lipinski definition) is 0. The van der Waals surface area contributed by atoms with Crippen LogP contribution in [0.5, 0.6) is 0 Å². The zero-order valence-corrected chi connectivity index (χ0v) is 11.3. The summed E-state index contributed by atoms with van der Waals surface area (Å²) in [4.78, 5) is 22.6. The molecule has 0 amide bonds. The van der Waals surface area contributed by atoms with Crippen molar-refractivity contribution in [3.63, 3.8) is 0 Å². The maximum Gasteiger partial charge on any atom is 0.339 e. The molecule has 1 aromatic heterocycles. The van der Waals surface area contributed by atoms with Crippen LogP contribution in [0.3, 0.4) is 0 Å². The minimum atomic E-state index is -1.21. The fourth-order valence-corrected chi connectivity index (χ4v) is 2.14. The van der Waals surface area contributed by atoms with Gasteiger partial charge in [0, 0.05) is 11.4 Å². The van der Waals surface area contributed by atoms with Crippen LogP contribution in [0.15, 0.2) is 36.4 Å². The maximum atomic E-state index is 11.7. The highest BCUT2D eigenvalue weighted by Gasteiger charge is 2.18. The molecule has 0 aliphatic rings. The molecule has 20 heavy (non-hydrogen) atoms. The van der Waals surface area contributed by atoms with Crippen molar-refractivity contribution in [1.29, 1.82) is 0 Å². The molecule has 0 aliphatic carbocycles. The van der Waals surface area contributed by atoms with Crippen molar-refractivity contribution in [2.75, 3.05) is 7.11 Å². The number of ether oxygens (including phenoxy) is 1. The molecule has 0 bridgehead atoms. The Hall–Kier alpha value is -2.56. The largest absolute Gasteiger partial charge is 0.548 e. The molecular weight excluding hydrogens is 258 g/mol. The molecule has 0 fully saturated rings. The number of nitrogens with zero attached hydrogens (tertiary/aromatic N) is 1. The molecule has 0 saturated carbocycles. The Bertz CT molecular complexity index is 643. The van der Waals surface area contributed by atoms with Crippen molar-refractivity contribution < 1.29 is 19.4 Å². The van der Waals surface area contributed by atoms with Gasteiger partial charge in [0.15, 0.2) is 0 Å². The molecule has 0 aliphatic heterocycles. The first kappa shape index (κ1) is 13.9. The summed E-state index contributed by atoms with van der Waals surface area (Å²) in [6.07, 6.45) is 0. The van der Waals surface area contributed by atoms with Gasteiger partial charge in [-0.3, -0.25) is 0 Å². The van der Waals surface area contributed by atoms with Crippen LogP contribution in [0.4, 0.5) is 0 Å². The summed E-state index contributed by atoms with van der Waals surface area (Å²) in [5, 5.41) is 10.9. The van der Waals surface area contributed by atoms with Crippen LogP contribution < -0.4 is 5.11 Å². The topological polar surface area (TPSA) is 71.4 Å². The van der Waals surface area contributed by atoms with Crippen LogP contribution in [0, 0.1) is 6.92 Å². The van der Waals surface area contributed by atoms with E-state index in [0.29, 0.717) is 17.0 Å². The molecule has 104 valence electrons. The summed E-state index contributed by atoms with van der Waals surface area (Å²) < 4.78 is 6.25. The summed E-state index contributed by atoms with van der Waals surface area (Å²) >= 11 is 0. The minimum absolute atomic E-state index is 0.312. The number of aromatic nitrogens is 1. The fourth-order valence-electron chi connectivity index (χ4n) is 2.14. The van der Waals surface area contributed by atoms with E-state index >= 15 is 0 Å². The van der Waals surface area contributed by atoms with Gasteiger partial charge in [-0.2, -0.15) is 0 Å². The zero-order valence-electron chi connectivity index (χ0n) is 11.3. The molecule has 0 unspecified atom stereocenters. The van der Waals surface area contributed by atoms with E-state index in [2.05, 4.69) is 0 Å². The summed E-state index contributed by atoms with van der Waals surface area (Å²) in [7, 11) is 1.29. The molecule has 2 rings (SSSR count). The molecule has 5 heteroatoms. The van der Waals surface area contributed by atoms with Gasteiger partial charge in [0.25, 0.3) is 0 Å². The van der Waals surface area contributed by atoms with Gasteiger partial charge in [-0.1, -0.05) is 30.3 Å². The van der Waals surface area contributed by atoms with E-state index in [-0.39, 0.29) is 6.54 Å². The van der Waals surface area contributed by atoms with Gasteiger partial charge in [-0.15, -0.1) is 0 Å². The monoisotopic (exact) mass is 272 g/mol. The number of methoxy groups -OCH3 is 1. The molecule has 2 aromatic rings. The predicted octanol–water partition coefficient (Wildman–Crippen LogP) is 1.00. The van der Waals surface area contributed by atoms with E-state index in [1.165, 1.54) is 11.7 Å². The van der Waals surface area contributed by atoms with E-state index in [1.54, 1.807) is 13.0 Å². The predicted molar refractivity (Wildman–Crippen MR) is 71.0 cm³/mol.